The largest absolute Gasteiger partial charge is 0.417 e. The number of aromatic nitrogens is 1. The maximum Gasteiger partial charge on any atom is 0.417 e. The molecule has 0 bridgehead atoms. The Morgan fingerprint density at radius 1 is 1.47 bits per heavy atom. The van der Waals surface area contributed by atoms with E-state index in [0.717, 1.165) is 0 Å². The number of thiol groups is 1. The van der Waals surface area contributed by atoms with Gasteiger partial charge >= 0.3 is 5.76 Å². The van der Waals surface area contributed by atoms with Crippen LogP contribution in [0.3, 0.4) is 0 Å². The molecule has 15 heavy (non-hydrogen) atoms. The number of Topliss-reactive ketones (excluding diaryl/α,β-unsaturated/α-hetero) is 1. The monoisotopic (exact) mass is 223 g/mol. The van der Waals surface area contributed by atoms with Crippen molar-refractivity contribution in [1.82, 2.24) is 4.98 Å². The molecule has 0 atom stereocenters. The number of rotatable bonds is 3. The van der Waals surface area contributed by atoms with Crippen molar-refractivity contribution in [1.29, 1.82) is 0 Å². The summed E-state index contributed by atoms with van der Waals surface area (Å²) < 4.78 is 4.83. The molecule has 0 aliphatic heterocycles. The first-order chi connectivity index (χ1) is 7.20. The summed E-state index contributed by atoms with van der Waals surface area (Å²) in [6.45, 7) is 0. The molecule has 2 rings (SSSR count). The van der Waals surface area contributed by atoms with Gasteiger partial charge in [-0.15, -0.1) is 0 Å². The van der Waals surface area contributed by atoms with Crippen LogP contribution in [0.5, 0.6) is 0 Å². The molecule has 4 nitrogen and oxygen atoms in total. The topological polar surface area (TPSA) is 63.1 Å². The summed E-state index contributed by atoms with van der Waals surface area (Å²) in [7, 11) is 0. The minimum atomic E-state index is -0.510. The lowest BCUT2D eigenvalue weighted by molar-refractivity contribution is 0.0990. The van der Waals surface area contributed by atoms with Crippen molar-refractivity contribution in [3.63, 3.8) is 0 Å². The maximum atomic E-state index is 11.5. The van der Waals surface area contributed by atoms with E-state index in [1.165, 1.54) is 0 Å². The predicted octanol–water partition coefficient (Wildman–Crippen LogP) is 1.62. The van der Waals surface area contributed by atoms with Gasteiger partial charge < -0.3 is 4.42 Å². The highest BCUT2D eigenvalue weighted by Crippen LogP contribution is 2.13. The van der Waals surface area contributed by atoms with E-state index in [1.54, 1.807) is 18.2 Å². The smallest absolute Gasteiger partial charge is 0.408 e. The maximum absolute atomic E-state index is 11.5. The number of carbonyl (C=O) groups is 1. The van der Waals surface area contributed by atoms with Gasteiger partial charge in [-0.2, -0.15) is 12.6 Å². The van der Waals surface area contributed by atoms with Crippen LogP contribution in [0.15, 0.2) is 27.4 Å². The zero-order valence-corrected chi connectivity index (χ0v) is 8.71. The Bertz CT molecular complexity index is 555. The molecular formula is C10H9NO3S. The van der Waals surface area contributed by atoms with Crippen LogP contribution in [-0.2, 0) is 0 Å². The molecule has 0 aliphatic rings. The van der Waals surface area contributed by atoms with E-state index in [2.05, 4.69) is 17.6 Å². The number of aromatic amines is 1. The number of ketones is 1. The van der Waals surface area contributed by atoms with Gasteiger partial charge in [-0.25, -0.2) is 4.79 Å². The third kappa shape index (κ3) is 1.97. The number of hydrogen-bond acceptors (Lipinski definition) is 4. The fourth-order valence-electron chi connectivity index (χ4n) is 1.37. The molecule has 0 saturated carbocycles. The Hall–Kier alpha value is -1.49. The second kappa shape index (κ2) is 3.94. The van der Waals surface area contributed by atoms with Gasteiger partial charge in [0.15, 0.2) is 11.4 Å². The molecule has 0 amide bonds. The van der Waals surface area contributed by atoms with E-state index in [9.17, 15) is 9.59 Å². The van der Waals surface area contributed by atoms with Gasteiger partial charge in [0.25, 0.3) is 0 Å². The third-order valence-corrected chi connectivity index (χ3v) is 2.30. The van der Waals surface area contributed by atoms with Crippen LogP contribution in [0.2, 0.25) is 0 Å². The van der Waals surface area contributed by atoms with Gasteiger partial charge in [0.2, 0.25) is 0 Å². The van der Waals surface area contributed by atoms with Crippen molar-refractivity contribution in [2.75, 3.05) is 5.75 Å². The molecule has 1 aromatic carbocycles. The SMILES string of the molecule is O=C(CCS)c1ccc2oc(=O)[nH]c2c1. The lowest BCUT2D eigenvalue weighted by Gasteiger charge is -1.97. The van der Waals surface area contributed by atoms with Gasteiger partial charge in [0, 0.05) is 12.0 Å². The highest BCUT2D eigenvalue weighted by Gasteiger charge is 2.07. The zero-order chi connectivity index (χ0) is 10.8. The zero-order valence-electron chi connectivity index (χ0n) is 7.82. The molecule has 5 heteroatoms. The average molecular weight is 223 g/mol. The summed E-state index contributed by atoms with van der Waals surface area (Å²) in [4.78, 5) is 24.9. The Labute approximate surface area is 90.7 Å². The van der Waals surface area contributed by atoms with Crippen LogP contribution >= 0.6 is 12.6 Å². The van der Waals surface area contributed by atoms with Crippen LogP contribution in [0, 0.1) is 0 Å². The number of benzene rings is 1. The number of fused-ring (bicyclic) bond motifs is 1. The molecule has 0 unspecified atom stereocenters. The molecule has 0 aliphatic carbocycles. The number of hydrogen-bond donors (Lipinski definition) is 2. The van der Waals surface area contributed by atoms with Crippen molar-refractivity contribution in [3.8, 4) is 0 Å². The van der Waals surface area contributed by atoms with Gasteiger partial charge in [0.1, 0.15) is 0 Å². The minimum Gasteiger partial charge on any atom is -0.408 e. The summed E-state index contributed by atoms with van der Waals surface area (Å²) in [6.07, 6.45) is 0.386. The van der Waals surface area contributed by atoms with E-state index in [-0.39, 0.29) is 5.78 Å². The summed E-state index contributed by atoms with van der Waals surface area (Å²) in [5.41, 5.74) is 1.57. The average Bonchev–Trinajstić information content (AvgIpc) is 2.57. The van der Waals surface area contributed by atoms with Gasteiger partial charge in [-0.3, -0.25) is 9.78 Å². The van der Waals surface area contributed by atoms with E-state index < -0.39 is 5.76 Å². The molecule has 1 N–H and O–H groups in total. The van der Waals surface area contributed by atoms with Gasteiger partial charge in [-0.1, -0.05) is 0 Å². The second-order valence-corrected chi connectivity index (χ2v) is 3.57. The molecular weight excluding hydrogens is 214 g/mol. The standard InChI is InChI=1S/C10H9NO3S/c12-8(3-4-15)6-1-2-9-7(5-6)11-10(13)14-9/h1-2,5,15H,3-4H2,(H,11,13). The molecule has 0 spiro atoms. The molecule has 1 aromatic heterocycles. The Morgan fingerprint density at radius 3 is 3.00 bits per heavy atom. The summed E-state index contributed by atoms with van der Waals surface area (Å²) >= 11 is 3.99. The first kappa shape index (κ1) is 10.0. The quantitative estimate of drug-likeness (QED) is 0.614. The lowest BCUT2D eigenvalue weighted by Crippen LogP contribution is -1.99. The highest BCUT2D eigenvalue weighted by atomic mass is 32.1. The Morgan fingerprint density at radius 2 is 2.27 bits per heavy atom. The van der Waals surface area contributed by atoms with Crippen molar-refractivity contribution in [2.45, 2.75) is 6.42 Å². The number of nitrogens with one attached hydrogen (secondary N) is 1. The molecule has 0 fully saturated rings. The normalized spacial score (nSPS) is 10.7. The Kier molecular flexibility index (Phi) is 2.64. The van der Waals surface area contributed by atoms with Crippen LogP contribution in [0.25, 0.3) is 11.1 Å². The third-order valence-electron chi connectivity index (χ3n) is 2.08. The van der Waals surface area contributed by atoms with E-state index in [0.29, 0.717) is 28.8 Å². The van der Waals surface area contributed by atoms with E-state index in [4.69, 9.17) is 4.42 Å². The Balaban J connectivity index is 2.46. The summed E-state index contributed by atoms with van der Waals surface area (Å²) in [5.74, 6) is 0.0106. The fraction of sp³-hybridized carbons (Fsp3) is 0.200. The molecule has 0 radical (unpaired) electrons. The summed E-state index contributed by atoms with van der Waals surface area (Å²) in [6, 6.07) is 4.87. The predicted molar refractivity (Wildman–Crippen MR) is 59.6 cm³/mol. The van der Waals surface area contributed by atoms with E-state index in [1.807, 2.05) is 0 Å². The van der Waals surface area contributed by atoms with Crippen molar-refractivity contribution >= 4 is 29.5 Å². The molecule has 0 saturated heterocycles. The lowest BCUT2D eigenvalue weighted by atomic mass is 10.1. The van der Waals surface area contributed by atoms with Gasteiger partial charge in [-0.05, 0) is 24.0 Å². The van der Waals surface area contributed by atoms with E-state index >= 15 is 0 Å². The first-order valence-electron chi connectivity index (χ1n) is 4.47. The number of carbonyl (C=O) groups excluding carboxylic acids is 1. The van der Waals surface area contributed by atoms with Crippen LogP contribution in [0.1, 0.15) is 16.8 Å². The molecule has 1 heterocycles. The van der Waals surface area contributed by atoms with Crippen LogP contribution in [-0.4, -0.2) is 16.5 Å². The van der Waals surface area contributed by atoms with Crippen LogP contribution < -0.4 is 5.76 Å². The molecule has 78 valence electrons. The fourth-order valence-corrected chi connectivity index (χ4v) is 1.57. The van der Waals surface area contributed by atoms with Crippen molar-refractivity contribution < 1.29 is 9.21 Å². The van der Waals surface area contributed by atoms with Crippen molar-refractivity contribution in [2.24, 2.45) is 0 Å². The summed E-state index contributed by atoms with van der Waals surface area (Å²) in [5, 5.41) is 0. The van der Waals surface area contributed by atoms with Crippen molar-refractivity contribution in [3.05, 3.63) is 34.3 Å². The van der Waals surface area contributed by atoms with Crippen LogP contribution in [0.4, 0.5) is 0 Å². The highest BCUT2D eigenvalue weighted by molar-refractivity contribution is 7.80. The number of oxazole rings is 1. The minimum absolute atomic E-state index is 0.00829. The van der Waals surface area contributed by atoms with Gasteiger partial charge in [0.05, 0.1) is 5.52 Å². The second-order valence-electron chi connectivity index (χ2n) is 3.12. The molecule has 2 aromatic rings. The number of H-pyrrole nitrogens is 1. The first-order valence-corrected chi connectivity index (χ1v) is 5.11.